The average molecular weight is 361 g/mol. The summed E-state index contributed by atoms with van der Waals surface area (Å²) in [7, 11) is 3.28. The van der Waals surface area contributed by atoms with Crippen molar-refractivity contribution in [3.8, 4) is 22.1 Å². The first-order valence-corrected chi connectivity index (χ1v) is 9.19. The molecule has 6 nitrogen and oxygen atoms in total. The highest BCUT2D eigenvalue weighted by Crippen LogP contribution is 2.35. The summed E-state index contributed by atoms with van der Waals surface area (Å²) < 4.78 is 10.7. The van der Waals surface area contributed by atoms with Gasteiger partial charge in [-0.05, 0) is 25.5 Å². The van der Waals surface area contributed by atoms with Gasteiger partial charge in [-0.1, -0.05) is 0 Å². The third-order valence-electron chi connectivity index (χ3n) is 4.40. The van der Waals surface area contributed by atoms with Crippen LogP contribution in [0.3, 0.4) is 0 Å². The number of nitrogens with zero attached hydrogens (tertiary/aromatic N) is 2. The molecule has 0 bridgehead atoms. The summed E-state index contributed by atoms with van der Waals surface area (Å²) in [5.41, 5.74) is 1.92. The maximum atomic E-state index is 12.0. The number of thiazole rings is 1. The van der Waals surface area contributed by atoms with Crippen molar-refractivity contribution < 1.29 is 14.3 Å². The molecule has 1 unspecified atom stereocenters. The molecule has 1 fully saturated rings. The van der Waals surface area contributed by atoms with Crippen LogP contribution in [0, 0.1) is 0 Å². The molecule has 3 rings (SSSR count). The fourth-order valence-corrected chi connectivity index (χ4v) is 3.74. The molecule has 1 aromatic carbocycles. The van der Waals surface area contributed by atoms with Crippen LogP contribution in [-0.2, 0) is 11.3 Å². The predicted molar refractivity (Wildman–Crippen MR) is 98.2 cm³/mol. The molecular formula is C18H23N3O3S. The standard InChI is InChI=1S/C18H23N3O3S/c1-12-17(22)19-7-4-8-21(12)10-13-11-25-18(20-13)15-6-5-14(23-2)9-16(15)24-3/h5-6,9,11-12H,4,7-8,10H2,1-3H3,(H,19,22). The third-order valence-corrected chi connectivity index (χ3v) is 5.33. The number of ether oxygens (including phenoxy) is 2. The van der Waals surface area contributed by atoms with Gasteiger partial charge in [0.1, 0.15) is 16.5 Å². The Kier molecular flexibility index (Phi) is 5.55. The van der Waals surface area contributed by atoms with Crippen molar-refractivity contribution in [3.05, 3.63) is 29.3 Å². The zero-order valence-corrected chi connectivity index (χ0v) is 15.6. The van der Waals surface area contributed by atoms with Crippen LogP contribution in [0.4, 0.5) is 0 Å². The molecule has 0 saturated carbocycles. The number of amides is 1. The lowest BCUT2D eigenvalue weighted by Crippen LogP contribution is -2.41. The van der Waals surface area contributed by atoms with Crippen molar-refractivity contribution >= 4 is 17.2 Å². The Morgan fingerprint density at radius 3 is 2.96 bits per heavy atom. The highest BCUT2D eigenvalue weighted by atomic mass is 32.1. The molecule has 134 valence electrons. The number of hydrogen-bond donors (Lipinski definition) is 1. The number of nitrogens with one attached hydrogen (secondary N) is 1. The fraction of sp³-hybridized carbons (Fsp3) is 0.444. The van der Waals surface area contributed by atoms with E-state index in [0.717, 1.165) is 47.3 Å². The second kappa shape index (κ2) is 7.84. The minimum absolute atomic E-state index is 0.0878. The number of carbonyl (C=O) groups excluding carboxylic acids is 1. The van der Waals surface area contributed by atoms with Gasteiger partial charge in [0, 0.05) is 31.1 Å². The summed E-state index contributed by atoms with van der Waals surface area (Å²) >= 11 is 1.58. The Hall–Kier alpha value is -2.12. The van der Waals surface area contributed by atoms with Gasteiger partial charge in [-0.2, -0.15) is 0 Å². The lowest BCUT2D eigenvalue weighted by Gasteiger charge is -2.24. The lowest BCUT2D eigenvalue weighted by atomic mass is 10.2. The van der Waals surface area contributed by atoms with Gasteiger partial charge in [-0.3, -0.25) is 9.69 Å². The largest absolute Gasteiger partial charge is 0.497 e. The van der Waals surface area contributed by atoms with Crippen LogP contribution in [0.15, 0.2) is 23.6 Å². The maximum Gasteiger partial charge on any atom is 0.237 e. The van der Waals surface area contributed by atoms with Gasteiger partial charge < -0.3 is 14.8 Å². The zero-order chi connectivity index (χ0) is 17.8. The first-order chi connectivity index (χ1) is 12.1. The summed E-state index contributed by atoms with van der Waals surface area (Å²) in [5.74, 6) is 1.58. The van der Waals surface area contributed by atoms with E-state index in [1.807, 2.05) is 25.1 Å². The third kappa shape index (κ3) is 3.93. The van der Waals surface area contributed by atoms with E-state index in [4.69, 9.17) is 14.5 Å². The van der Waals surface area contributed by atoms with Crippen molar-refractivity contribution in [1.29, 1.82) is 0 Å². The maximum absolute atomic E-state index is 12.0. The topological polar surface area (TPSA) is 63.7 Å². The molecule has 1 aliphatic heterocycles. The van der Waals surface area contributed by atoms with E-state index in [0.29, 0.717) is 6.54 Å². The number of methoxy groups -OCH3 is 2. The summed E-state index contributed by atoms with van der Waals surface area (Å²) in [5, 5.41) is 5.89. The van der Waals surface area contributed by atoms with Crippen molar-refractivity contribution in [2.24, 2.45) is 0 Å². The second-order valence-corrected chi connectivity index (χ2v) is 6.86. The van der Waals surface area contributed by atoms with Gasteiger partial charge in [0.2, 0.25) is 5.91 Å². The van der Waals surface area contributed by atoms with Crippen LogP contribution < -0.4 is 14.8 Å². The molecule has 1 atom stereocenters. The molecule has 7 heteroatoms. The number of carbonyl (C=O) groups is 1. The van der Waals surface area contributed by atoms with E-state index in [1.54, 1.807) is 25.6 Å². The Balaban J connectivity index is 1.79. The fourth-order valence-electron chi connectivity index (χ4n) is 2.90. The molecule has 0 aliphatic carbocycles. The molecule has 0 radical (unpaired) electrons. The number of benzene rings is 1. The summed E-state index contributed by atoms with van der Waals surface area (Å²) in [6.07, 6.45) is 0.958. The smallest absolute Gasteiger partial charge is 0.237 e. The van der Waals surface area contributed by atoms with Gasteiger partial charge in [-0.25, -0.2) is 4.98 Å². The van der Waals surface area contributed by atoms with Crippen LogP contribution >= 0.6 is 11.3 Å². The molecule has 1 aliphatic rings. The van der Waals surface area contributed by atoms with Crippen molar-refractivity contribution in [2.45, 2.75) is 25.9 Å². The number of rotatable bonds is 5. The molecule has 1 aromatic heterocycles. The molecule has 0 spiro atoms. The van der Waals surface area contributed by atoms with Gasteiger partial charge >= 0.3 is 0 Å². The van der Waals surface area contributed by atoms with Crippen LogP contribution in [0.5, 0.6) is 11.5 Å². The van der Waals surface area contributed by atoms with Crippen LogP contribution in [0.25, 0.3) is 10.6 Å². The molecule has 2 heterocycles. The van der Waals surface area contributed by atoms with E-state index >= 15 is 0 Å². The zero-order valence-electron chi connectivity index (χ0n) is 14.7. The number of aromatic nitrogens is 1. The predicted octanol–water partition coefficient (Wildman–Crippen LogP) is 2.54. The van der Waals surface area contributed by atoms with E-state index in [9.17, 15) is 4.79 Å². The normalized spacial score (nSPS) is 18.5. The lowest BCUT2D eigenvalue weighted by molar-refractivity contribution is -0.125. The van der Waals surface area contributed by atoms with Crippen LogP contribution in [-0.4, -0.2) is 49.1 Å². The first-order valence-electron chi connectivity index (χ1n) is 8.31. The Morgan fingerprint density at radius 1 is 1.36 bits per heavy atom. The molecular weight excluding hydrogens is 338 g/mol. The van der Waals surface area contributed by atoms with Crippen LogP contribution in [0.1, 0.15) is 19.0 Å². The quantitative estimate of drug-likeness (QED) is 0.887. The summed E-state index contributed by atoms with van der Waals surface area (Å²) in [6.45, 7) is 4.24. The van der Waals surface area contributed by atoms with E-state index < -0.39 is 0 Å². The molecule has 1 N–H and O–H groups in total. The highest BCUT2D eigenvalue weighted by molar-refractivity contribution is 7.13. The number of hydrogen-bond acceptors (Lipinski definition) is 6. The van der Waals surface area contributed by atoms with E-state index in [-0.39, 0.29) is 11.9 Å². The van der Waals surface area contributed by atoms with Crippen molar-refractivity contribution in [1.82, 2.24) is 15.2 Å². The van der Waals surface area contributed by atoms with Gasteiger partial charge in [0.05, 0.1) is 31.5 Å². The minimum atomic E-state index is -0.136. The van der Waals surface area contributed by atoms with Gasteiger partial charge in [-0.15, -0.1) is 11.3 Å². The molecule has 1 saturated heterocycles. The summed E-state index contributed by atoms with van der Waals surface area (Å²) in [6, 6.07) is 5.59. The van der Waals surface area contributed by atoms with E-state index in [1.165, 1.54) is 0 Å². The highest BCUT2D eigenvalue weighted by Gasteiger charge is 2.24. The van der Waals surface area contributed by atoms with Crippen molar-refractivity contribution in [3.63, 3.8) is 0 Å². The Morgan fingerprint density at radius 2 is 2.20 bits per heavy atom. The summed E-state index contributed by atoms with van der Waals surface area (Å²) in [4.78, 5) is 18.9. The first kappa shape index (κ1) is 17.7. The minimum Gasteiger partial charge on any atom is -0.497 e. The van der Waals surface area contributed by atoms with Gasteiger partial charge in [0.25, 0.3) is 0 Å². The Bertz CT molecular complexity index is 747. The molecule has 1 amide bonds. The van der Waals surface area contributed by atoms with Crippen molar-refractivity contribution in [2.75, 3.05) is 27.3 Å². The monoisotopic (exact) mass is 361 g/mol. The molecule has 2 aromatic rings. The van der Waals surface area contributed by atoms with Gasteiger partial charge in [0.15, 0.2) is 0 Å². The van der Waals surface area contributed by atoms with Crippen LogP contribution in [0.2, 0.25) is 0 Å². The average Bonchev–Trinajstić information content (AvgIpc) is 3.04. The SMILES string of the molecule is COc1ccc(-c2nc(CN3CCCNC(=O)C3C)cs2)c(OC)c1. The Labute approximate surface area is 151 Å². The second-order valence-electron chi connectivity index (χ2n) is 6.00. The van der Waals surface area contributed by atoms with E-state index in [2.05, 4.69) is 15.6 Å². The molecule has 25 heavy (non-hydrogen) atoms.